The van der Waals surface area contributed by atoms with E-state index in [0.29, 0.717) is 12.8 Å². The standard InChI is InChI=1S/C21H23FO3/c1-21(2,3)15-9-7-13(11-17(15)23)12-18(24)19-10-8-14-5-4-6-16(22)20(14)25-19/h4-7,9,11,19,23H,8,10,12H2,1-3H3. The summed E-state index contributed by atoms with van der Waals surface area (Å²) in [7, 11) is 0. The van der Waals surface area contributed by atoms with E-state index in [1.165, 1.54) is 6.07 Å². The molecule has 0 saturated heterocycles. The van der Waals surface area contributed by atoms with Gasteiger partial charge >= 0.3 is 0 Å². The number of hydrogen-bond acceptors (Lipinski definition) is 3. The first-order chi connectivity index (χ1) is 11.8. The zero-order valence-corrected chi connectivity index (χ0v) is 14.8. The first kappa shape index (κ1) is 17.5. The SMILES string of the molecule is CC(C)(C)c1ccc(CC(=O)C2CCc3cccc(F)c3O2)cc1O. The molecule has 25 heavy (non-hydrogen) atoms. The first-order valence-corrected chi connectivity index (χ1v) is 8.55. The zero-order chi connectivity index (χ0) is 18.2. The Morgan fingerprint density at radius 3 is 2.72 bits per heavy atom. The lowest BCUT2D eigenvalue weighted by molar-refractivity contribution is -0.125. The van der Waals surface area contributed by atoms with E-state index >= 15 is 0 Å². The van der Waals surface area contributed by atoms with Gasteiger partial charge in [0.2, 0.25) is 0 Å². The summed E-state index contributed by atoms with van der Waals surface area (Å²) in [6, 6.07) is 10.2. The van der Waals surface area contributed by atoms with Crippen LogP contribution in [0.2, 0.25) is 0 Å². The monoisotopic (exact) mass is 342 g/mol. The Labute approximate surface area is 147 Å². The summed E-state index contributed by atoms with van der Waals surface area (Å²) in [5, 5.41) is 10.2. The van der Waals surface area contributed by atoms with E-state index in [2.05, 4.69) is 0 Å². The van der Waals surface area contributed by atoms with Crippen LogP contribution in [-0.4, -0.2) is 17.0 Å². The van der Waals surface area contributed by atoms with Crippen LogP contribution in [0.4, 0.5) is 4.39 Å². The van der Waals surface area contributed by atoms with Crippen molar-refractivity contribution in [2.75, 3.05) is 0 Å². The average molecular weight is 342 g/mol. The number of halogens is 1. The lowest BCUT2D eigenvalue weighted by Gasteiger charge is -2.25. The van der Waals surface area contributed by atoms with E-state index in [1.54, 1.807) is 12.1 Å². The van der Waals surface area contributed by atoms with E-state index in [4.69, 9.17) is 4.74 Å². The average Bonchev–Trinajstić information content (AvgIpc) is 2.53. The maximum Gasteiger partial charge on any atom is 0.177 e. The van der Waals surface area contributed by atoms with Gasteiger partial charge in [0.25, 0.3) is 0 Å². The highest BCUT2D eigenvalue weighted by molar-refractivity contribution is 5.86. The van der Waals surface area contributed by atoms with E-state index in [9.17, 15) is 14.3 Å². The smallest absolute Gasteiger partial charge is 0.177 e. The minimum absolute atomic E-state index is 0.100. The van der Waals surface area contributed by atoms with Gasteiger partial charge < -0.3 is 9.84 Å². The van der Waals surface area contributed by atoms with Crippen molar-refractivity contribution >= 4 is 5.78 Å². The third-order valence-electron chi connectivity index (χ3n) is 4.59. The summed E-state index contributed by atoms with van der Waals surface area (Å²) in [6.45, 7) is 6.07. The molecule has 2 aromatic carbocycles. The second-order valence-corrected chi connectivity index (χ2v) is 7.62. The van der Waals surface area contributed by atoms with E-state index < -0.39 is 11.9 Å². The number of hydrogen-bond donors (Lipinski definition) is 1. The summed E-state index contributed by atoms with van der Waals surface area (Å²) in [5.74, 6) is -0.143. The van der Waals surface area contributed by atoms with Gasteiger partial charge in [-0.2, -0.15) is 0 Å². The third-order valence-corrected chi connectivity index (χ3v) is 4.59. The lowest BCUT2D eigenvalue weighted by Crippen LogP contribution is -2.32. The number of aromatic hydroxyl groups is 1. The number of carbonyl (C=O) groups is 1. The highest BCUT2D eigenvalue weighted by Gasteiger charge is 2.28. The van der Waals surface area contributed by atoms with Crippen LogP contribution < -0.4 is 4.74 Å². The number of fused-ring (bicyclic) bond motifs is 1. The number of carbonyl (C=O) groups excluding carboxylic acids is 1. The zero-order valence-electron chi connectivity index (χ0n) is 14.8. The van der Waals surface area contributed by atoms with Gasteiger partial charge in [0.1, 0.15) is 5.75 Å². The number of para-hydroxylation sites is 1. The molecule has 0 fully saturated rings. The molecule has 1 heterocycles. The number of ketones is 1. The van der Waals surface area contributed by atoms with Crippen LogP contribution in [0, 0.1) is 5.82 Å². The van der Waals surface area contributed by atoms with Crippen LogP contribution in [0.1, 0.15) is 43.9 Å². The molecule has 4 heteroatoms. The summed E-state index contributed by atoms with van der Waals surface area (Å²) in [4.78, 5) is 12.6. The Kier molecular flexibility index (Phi) is 4.55. The Morgan fingerprint density at radius 2 is 2.04 bits per heavy atom. The van der Waals surface area contributed by atoms with E-state index in [-0.39, 0.29) is 29.1 Å². The van der Waals surface area contributed by atoms with Crippen LogP contribution in [0.3, 0.4) is 0 Å². The summed E-state index contributed by atoms with van der Waals surface area (Å²) in [6.07, 6.45) is 0.680. The van der Waals surface area contributed by atoms with E-state index in [0.717, 1.165) is 16.7 Å². The van der Waals surface area contributed by atoms with Crippen molar-refractivity contribution in [2.45, 2.75) is 51.6 Å². The van der Waals surface area contributed by atoms with Gasteiger partial charge in [-0.05, 0) is 47.1 Å². The fraction of sp³-hybridized carbons (Fsp3) is 0.381. The number of Topliss-reactive ketones (excluding diaryl/α,β-unsaturated/α-hetero) is 1. The molecule has 0 radical (unpaired) electrons. The quantitative estimate of drug-likeness (QED) is 0.903. The first-order valence-electron chi connectivity index (χ1n) is 8.55. The highest BCUT2D eigenvalue weighted by Crippen LogP contribution is 2.33. The molecule has 0 saturated carbocycles. The lowest BCUT2D eigenvalue weighted by atomic mass is 9.85. The van der Waals surface area contributed by atoms with Crippen molar-refractivity contribution in [2.24, 2.45) is 0 Å². The topological polar surface area (TPSA) is 46.5 Å². The van der Waals surface area contributed by atoms with Crippen LogP contribution in [-0.2, 0) is 23.1 Å². The molecule has 0 aliphatic carbocycles. The van der Waals surface area contributed by atoms with Gasteiger partial charge in [-0.1, -0.05) is 45.0 Å². The fourth-order valence-corrected chi connectivity index (χ4v) is 3.23. The minimum atomic E-state index is -0.645. The number of aryl methyl sites for hydroxylation is 1. The molecule has 1 aliphatic heterocycles. The van der Waals surface area contributed by atoms with Gasteiger partial charge in [-0.15, -0.1) is 0 Å². The van der Waals surface area contributed by atoms with E-state index in [1.807, 2.05) is 39.0 Å². The molecule has 0 bridgehead atoms. The molecule has 132 valence electrons. The summed E-state index contributed by atoms with van der Waals surface area (Å²) < 4.78 is 19.5. The van der Waals surface area contributed by atoms with Gasteiger partial charge in [0, 0.05) is 6.42 Å². The maximum atomic E-state index is 13.9. The molecule has 0 aromatic heterocycles. The summed E-state index contributed by atoms with van der Waals surface area (Å²) in [5.41, 5.74) is 2.21. The van der Waals surface area contributed by atoms with Gasteiger partial charge in [0.15, 0.2) is 23.5 Å². The Hall–Kier alpha value is -2.36. The number of ether oxygens (including phenoxy) is 1. The Bertz CT molecular complexity index is 805. The van der Waals surface area contributed by atoms with Crippen LogP contribution in [0.5, 0.6) is 11.5 Å². The van der Waals surface area contributed by atoms with Crippen LogP contribution in [0.25, 0.3) is 0 Å². The van der Waals surface area contributed by atoms with Crippen molar-refractivity contribution in [3.05, 3.63) is 58.9 Å². The number of phenolic OH excluding ortho intramolecular Hbond substituents is 1. The molecule has 2 aromatic rings. The van der Waals surface area contributed by atoms with Crippen molar-refractivity contribution < 1.29 is 19.0 Å². The van der Waals surface area contributed by atoms with Crippen molar-refractivity contribution in [1.29, 1.82) is 0 Å². The number of rotatable bonds is 3. The van der Waals surface area contributed by atoms with Crippen LogP contribution in [0.15, 0.2) is 36.4 Å². The largest absolute Gasteiger partial charge is 0.508 e. The minimum Gasteiger partial charge on any atom is -0.508 e. The molecule has 1 unspecified atom stereocenters. The highest BCUT2D eigenvalue weighted by atomic mass is 19.1. The fourth-order valence-electron chi connectivity index (χ4n) is 3.23. The Morgan fingerprint density at radius 1 is 1.28 bits per heavy atom. The molecule has 3 rings (SSSR count). The molecule has 3 nitrogen and oxygen atoms in total. The molecule has 0 amide bonds. The predicted octanol–water partition coefficient (Wildman–Crippen LogP) is 4.33. The molecule has 0 spiro atoms. The molecule has 1 N–H and O–H groups in total. The number of phenols is 1. The molecule has 1 atom stereocenters. The van der Waals surface area contributed by atoms with Crippen molar-refractivity contribution in [3.8, 4) is 11.5 Å². The predicted molar refractivity (Wildman–Crippen MR) is 94.7 cm³/mol. The van der Waals surface area contributed by atoms with Gasteiger partial charge in [0.05, 0.1) is 0 Å². The normalized spacial score (nSPS) is 16.9. The number of benzene rings is 2. The van der Waals surface area contributed by atoms with Crippen LogP contribution >= 0.6 is 0 Å². The molecular weight excluding hydrogens is 319 g/mol. The second kappa shape index (κ2) is 6.51. The van der Waals surface area contributed by atoms with Gasteiger partial charge in [-0.3, -0.25) is 4.79 Å². The second-order valence-electron chi connectivity index (χ2n) is 7.62. The third kappa shape index (κ3) is 3.68. The maximum absolute atomic E-state index is 13.9. The Balaban J connectivity index is 1.73. The van der Waals surface area contributed by atoms with Gasteiger partial charge in [-0.25, -0.2) is 4.39 Å². The summed E-state index contributed by atoms with van der Waals surface area (Å²) >= 11 is 0. The van der Waals surface area contributed by atoms with Crippen molar-refractivity contribution in [3.63, 3.8) is 0 Å². The molecular formula is C21H23FO3. The molecule has 1 aliphatic rings. The van der Waals surface area contributed by atoms with Crippen molar-refractivity contribution in [1.82, 2.24) is 0 Å².